The summed E-state index contributed by atoms with van der Waals surface area (Å²) in [6.45, 7) is 5.74. The average molecular weight is 356 g/mol. The monoisotopic (exact) mass is 356 g/mol. The highest BCUT2D eigenvalue weighted by Gasteiger charge is 2.17. The van der Waals surface area contributed by atoms with Crippen molar-refractivity contribution in [3.8, 4) is 11.5 Å². The Balaban J connectivity index is 1.83. The van der Waals surface area contributed by atoms with Crippen molar-refractivity contribution in [2.45, 2.75) is 33.0 Å². The maximum Gasteiger partial charge on any atom is 0.237 e. The van der Waals surface area contributed by atoms with Gasteiger partial charge in [-0.1, -0.05) is 24.3 Å². The molecule has 0 aliphatic carbocycles. The third-order valence-corrected chi connectivity index (χ3v) is 4.33. The second-order valence-electron chi connectivity index (χ2n) is 6.23. The number of nitrogens with one attached hydrogen (secondary N) is 1. The van der Waals surface area contributed by atoms with Gasteiger partial charge in [-0.3, -0.25) is 9.69 Å². The van der Waals surface area contributed by atoms with E-state index in [4.69, 9.17) is 9.47 Å². The summed E-state index contributed by atoms with van der Waals surface area (Å²) in [5, 5.41) is 2.99. The summed E-state index contributed by atoms with van der Waals surface area (Å²) in [4.78, 5) is 14.4. The number of likely N-dealkylation sites (N-methyl/N-ethyl adjacent to an activating group) is 1. The first-order valence-electron chi connectivity index (χ1n) is 8.86. The second kappa shape index (κ2) is 9.82. The van der Waals surface area contributed by atoms with Gasteiger partial charge < -0.3 is 14.8 Å². The fourth-order valence-corrected chi connectivity index (χ4v) is 2.56. The maximum atomic E-state index is 12.4. The van der Waals surface area contributed by atoms with Crippen molar-refractivity contribution in [2.75, 3.05) is 20.8 Å². The van der Waals surface area contributed by atoms with E-state index >= 15 is 0 Å². The Morgan fingerprint density at radius 1 is 1.04 bits per heavy atom. The van der Waals surface area contributed by atoms with Crippen molar-refractivity contribution < 1.29 is 14.3 Å². The van der Waals surface area contributed by atoms with Gasteiger partial charge in [-0.2, -0.15) is 0 Å². The fourth-order valence-electron chi connectivity index (χ4n) is 2.56. The number of hydrogen-bond acceptors (Lipinski definition) is 4. The summed E-state index contributed by atoms with van der Waals surface area (Å²) >= 11 is 0. The molecule has 5 nitrogen and oxygen atoms in total. The van der Waals surface area contributed by atoms with Crippen LogP contribution in [0.2, 0.25) is 0 Å². The van der Waals surface area contributed by atoms with E-state index in [2.05, 4.69) is 5.32 Å². The number of ether oxygens (including phenoxy) is 2. The van der Waals surface area contributed by atoms with E-state index in [1.807, 2.05) is 74.3 Å². The molecule has 2 aromatic rings. The third-order valence-electron chi connectivity index (χ3n) is 4.33. The van der Waals surface area contributed by atoms with Gasteiger partial charge in [0.25, 0.3) is 0 Å². The van der Waals surface area contributed by atoms with Crippen LogP contribution < -0.4 is 14.8 Å². The Morgan fingerprint density at radius 2 is 1.62 bits per heavy atom. The van der Waals surface area contributed by atoms with E-state index in [-0.39, 0.29) is 11.9 Å². The summed E-state index contributed by atoms with van der Waals surface area (Å²) in [7, 11) is 3.59. The molecular weight excluding hydrogens is 328 g/mol. The molecule has 1 amide bonds. The van der Waals surface area contributed by atoms with Crippen LogP contribution in [0.25, 0.3) is 0 Å². The van der Waals surface area contributed by atoms with Crippen LogP contribution in [-0.2, 0) is 17.9 Å². The number of rotatable bonds is 9. The van der Waals surface area contributed by atoms with Gasteiger partial charge >= 0.3 is 0 Å². The predicted octanol–water partition coefficient (Wildman–Crippen LogP) is 3.23. The van der Waals surface area contributed by atoms with Crippen LogP contribution in [0.3, 0.4) is 0 Å². The molecule has 0 fully saturated rings. The number of methoxy groups -OCH3 is 1. The quantitative estimate of drug-likeness (QED) is 0.749. The normalized spacial score (nSPS) is 11.9. The predicted molar refractivity (Wildman–Crippen MR) is 103 cm³/mol. The number of benzene rings is 2. The summed E-state index contributed by atoms with van der Waals surface area (Å²) in [6.07, 6.45) is 0. The molecule has 1 N–H and O–H groups in total. The van der Waals surface area contributed by atoms with Crippen molar-refractivity contribution in [2.24, 2.45) is 0 Å². The molecule has 2 aromatic carbocycles. The van der Waals surface area contributed by atoms with Crippen LogP contribution in [0.15, 0.2) is 48.5 Å². The van der Waals surface area contributed by atoms with E-state index in [0.717, 1.165) is 22.6 Å². The highest BCUT2D eigenvalue weighted by molar-refractivity contribution is 5.81. The number of nitrogens with zero attached hydrogens (tertiary/aromatic N) is 1. The van der Waals surface area contributed by atoms with Crippen molar-refractivity contribution in [3.63, 3.8) is 0 Å². The van der Waals surface area contributed by atoms with Crippen LogP contribution in [0.4, 0.5) is 0 Å². The molecule has 140 valence electrons. The van der Waals surface area contributed by atoms with Crippen LogP contribution in [0.1, 0.15) is 25.0 Å². The van der Waals surface area contributed by atoms with Gasteiger partial charge in [-0.05, 0) is 56.3 Å². The van der Waals surface area contributed by atoms with Gasteiger partial charge in [0.1, 0.15) is 11.5 Å². The number of hydrogen-bond donors (Lipinski definition) is 1. The van der Waals surface area contributed by atoms with Crippen molar-refractivity contribution in [3.05, 3.63) is 59.7 Å². The Morgan fingerprint density at radius 3 is 2.19 bits per heavy atom. The molecule has 0 bridgehead atoms. The van der Waals surface area contributed by atoms with Crippen LogP contribution in [0, 0.1) is 0 Å². The maximum absolute atomic E-state index is 12.4. The zero-order chi connectivity index (χ0) is 18.9. The number of amides is 1. The van der Waals surface area contributed by atoms with Gasteiger partial charge in [0.05, 0.1) is 19.8 Å². The standard InChI is InChI=1S/C21H28N2O3/c1-5-26-20-12-8-18(9-13-20)15-23(3)16(2)21(24)22-14-17-6-10-19(25-4)11-7-17/h6-13,16H,5,14-15H2,1-4H3,(H,22,24)/t16-/m0/s1. The molecule has 26 heavy (non-hydrogen) atoms. The zero-order valence-corrected chi connectivity index (χ0v) is 16.0. The lowest BCUT2D eigenvalue weighted by molar-refractivity contribution is -0.125. The molecule has 0 radical (unpaired) electrons. The first-order chi connectivity index (χ1) is 12.5. The van der Waals surface area contributed by atoms with E-state index in [1.165, 1.54) is 0 Å². The number of carbonyl (C=O) groups excluding carboxylic acids is 1. The second-order valence-corrected chi connectivity index (χ2v) is 6.23. The van der Waals surface area contributed by atoms with Gasteiger partial charge in [0.15, 0.2) is 0 Å². The first kappa shape index (κ1) is 19.8. The molecule has 0 spiro atoms. The Hall–Kier alpha value is -2.53. The summed E-state index contributed by atoms with van der Waals surface area (Å²) in [6, 6.07) is 15.4. The van der Waals surface area contributed by atoms with Gasteiger partial charge in [-0.15, -0.1) is 0 Å². The molecule has 0 saturated carbocycles. The highest BCUT2D eigenvalue weighted by atomic mass is 16.5. The minimum Gasteiger partial charge on any atom is -0.497 e. The zero-order valence-electron chi connectivity index (χ0n) is 16.0. The summed E-state index contributed by atoms with van der Waals surface area (Å²) in [5.74, 6) is 1.68. The molecule has 0 aliphatic rings. The summed E-state index contributed by atoms with van der Waals surface area (Å²) < 4.78 is 10.6. The molecule has 0 saturated heterocycles. The first-order valence-corrected chi connectivity index (χ1v) is 8.86. The molecule has 0 aromatic heterocycles. The number of carbonyl (C=O) groups is 1. The lowest BCUT2D eigenvalue weighted by Crippen LogP contribution is -2.42. The highest BCUT2D eigenvalue weighted by Crippen LogP contribution is 2.14. The summed E-state index contributed by atoms with van der Waals surface area (Å²) in [5.41, 5.74) is 2.19. The fraction of sp³-hybridized carbons (Fsp3) is 0.381. The molecule has 0 aliphatic heterocycles. The van der Waals surface area contributed by atoms with E-state index in [1.54, 1.807) is 7.11 Å². The SMILES string of the molecule is CCOc1ccc(CN(C)[C@@H](C)C(=O)NCc2ccc(OC)cc2)cc1. The van der Waals surface area contributed by atoms with E-state index in [0.29, 0.717) is 19.7 Å². The van der Waals surface area contributed by atoms with E-state index < -0.39 is 0 Å². The van der Waals surface area contributed by atoms with Crippen LogP contribution in [0.5, 0.6) is 11.5 Å². The molecular formula is C21H28N2O3. The van der Waals surface area contributed by atoms with Crippen LogP contribution in [-0.4, -0.2) is 37.6 Å². The van der Waals surface area contributed by atoms with E-state index in [9.17, 15) is 4.79 Å². The smallest absolute Gasteiger partial charge is 0.237 e. The Bertz CT molecular complexity index is 683. The molecule has 5 heteroatoms. The molecule has 0 unspecified atom stereocenters. The van der Waals surface area contributed by atoms with Crippen molar-refractivity contribution in [1.29, 1.82) is 0 Å². The largest absolute Gasteiger partial charge is 0.497 e. The van der Waals surface area contributed by atoms with Gasteiger partial charge in [0.2, 0.25) is 5.91 Å². The minimum absolute atomic E-state index is 0.00857. The van der Waals surface area contributed by atoms with Crippen molar-refractivity contribution in [1.82, 2.24) is 10.2 Å². The van der Waals surface area contributed by atoms with Gasteiger partial charge in [0, 0.05) is 13.1 Å². The Kier molecular flexibility index (Phi) is 7.48. The average Bonchev–Trinajstić information content (AvgIpc) is 2.67. The topological polar surface area (TPSA) is 50.8 Å². The third kappa shape index (κ3) is 5.77. The van der Waals surface area contributed by atoms with Crippen molar-refractivity contribution >= 4 is 5.91 Å². The lowest BCUT2D eigenvalue weighted by Gasteiger charge is -2.24. The molecule has 1 atom stereocenters. The lowest BCUT2D eigenvalue weighted by atomic mass is 10.1. The molecule has 2 rings (SSSR count). The Labute approximate surface area is 155 Å². The van der Waals surface area contributed by atoms with Crippen LogP contribution >= 0.6 is 0 Å². The minimum atomic E-state index is -0.222. The van der Waals surface area contributed by atoms with Gasteiger partial charge in [-0.25, -0.2) is 0 Å². The molecule has 0 heterocycles.